The van der Waals surface area contributed by atoms with Crippen LogP contribution in [0, 0.1) is 5.92 Å². The van der Waals surface area contributed by atoms with Gasteiger partial charge < -0.3 is 10.6 Å². The third-order valence-electron chi connectivity index (χ3n) is 5.31. The Kier molecular flexibility index (Phi) is 5.44. The molecule has 0 aromatic carbocycles. The number of carbonyl (C=O) groups excluding carboxylic acids is 1. The van der Waals surface area contributed by atoms with Gasteiger partial charge in [-0.1, -0.05) is 6.92 Å². The van der Waals surface area contributed by atoms with Gasteiger partial charge in [0.15, 0.2) is 0 Å². The molecular formula is C16H31N3O. The Hall–Kier alpha value is -0.610. The largest absolute Gasteiger partial charge is 0.352 e. The molecule has 4 heteroatoms. The number of nitrogens with one attached hydrogen (secondary N) is 2. The molecule has 2 fully saturated rings. The first kappa shape index (κ1) is 15.8. The van der Waals surface area contributed by atoms with Crippen LogP contribution in [-0.2, 0) is 4.79 Å². The molecule has 1 heterocycles. The van der Waals surface area contributed by atoms with E-state index in [2.05, 4.69) is 29.4 Å². The molecule has 1 saturated carbocycles. The fourth-order valence-corrected chi connectivity index (χ4v) is 3.34. The maximum atomic E-state index is 12.1. The molecule has 1 saturated heterocycles. The second-order valence-electron chi connectivity index (χ2n) is 7.11. The van der Waals surface area contributed by atoms with Gasteiger partial charge in [-0.15, -0.1) is 0 Å². The van der Waals surface area contributed by atoms with Gasteiger partial charge in [-0.2, -0.15) is 0 Å². The van der Waals surface area contributed by atoms with E-state index in [1.54, 1.807) is 0 Å². The van der Waals surface area contributed by atoms with Crippen molar-refractivity contribution < 1.29 is 4.79 Å². The molecule has 116 valence electrons. The van der Waals surface area contributed by atoms with Gasteiger partial charge >= 0.3 is 0 Å². The molecule has 0 radical (unpaired) electrons. The average Bonchev–Trinajstić information content (AvgIpc) is 2.44. The van der Waals surface area contributed by atoms with Crippen molar-refractivity contribution in [2.75, 3.05) is 26.7 Å². The van der Waals surface area contributed by atoms with Crippen molar-refractivity contribution in [1.29, 1.82) is 0 Å². The Morgan fingerprint density at radius 3 is 2.35 bits per heavy atom. The average molecular weight is 281 g/mol. The molecule has 2 rings (SSSR count). The molecular weight excluding hydrogens is 250 g/mol. The van der Waals surface area contributed by atoms with Gasteiger partial charge in [0.2, 0.25) is 5.91 Å². The summed E-state index contributed by atoms with van der Waals surface area (Å²) in [5.74, 6) is 1.06. The molecule has 0 unspecified atom stereocenters. The highest BCUT2D eigenvalue weighted by molar-refractivity contribution is 5.78. The third-order valence-corrected chi connectivity index (χ3v) is 5.31. The van der Waals surface area contributed by atoms with Crippen LogP contribution in [0.4, 0.5) is 0 Å². The Morgan fingerprint density at radius 1 is 1.20 bits per heavy atom. The molecule has 0 atom stereocenters. The summed E-state index contributed by atoms with van der Waals surface area (Å²) in [6, 6.07) is 0.422. The van der Waals surface area contributed by atoms with Gasteiger partial charge in [0.05, 0.1) is 6.54 Å². The number of carbonyl (C=O) groups is 1. The van der Waals surface area contributed by atoms with Crippen LogP contribution in [0.5, 0.6) is 0 Å². The fourth-order valence-electron chi connectivity index (χ4n) is 3.34. The van der Waals surface area contributed by atoms with Crippen LogP contribution in [-0.4, -0.2) is 49.1 Å². The summed E-state index contributed by atoms with van der Waals surface area (Å²) in [6.45, 7) is 7.20. The van der Waals surface area contributed by atoms with Crippen LogP contribution in [0.3, 0.4) is 0 Å². The lowest BCUT2D eigenvalue weighted by atomic mass is 9.87. The highest BCUT2D eigenvalue weighted by Crippen LogP contribution is 2.24. The molecule has 4 nitrogen and oxygen atoms in total. The van der Waals surface area contributed by atoms with Crippen molar-refractivity contribution in [1.82, 2.24) is 15.5 Å². The monoisotopic (exact) mass is 281 g/mol. The minimum atomic E-state index is 0.220. The number of rotatable bonds is 4. The number of amides is 1. The van der Waals surface area contributed by atoms with E-state index in [1.807, 2.05) is 7.05 Å². The van der Waals surface area contributed by atoms with Crippen molar-refractivity contribution in [2.24, 2.45) is 5.92 Å². The van der Waals surface area contributed by atoms with Crippen LogP contribution in [0.1, 0.15) is 52.4 Å². The quantitative estimate of drug-likeness (QED) is 0.825. The third kappa shape index (κ3) is 4.45. The van der Waals surface area contributed by atoms with Gasteiger partial charge in [-0.3, -0.25) is 9.69 Å². The minimum Gasteiger partial charge on any atom is -0.352 e. The molecule has 20 heavy (non-hydrogen) atoms. The second-order valence-corrected chi connectivity index (χ2v) is 7.11. The number of nitrogens with zero attached hydrogens (tertiary/aromatic N) is 1. The summed E-state index contributed by atoms with van der Waals surface area (Å²) in [5, 5.41) is 6.62. The van der Waals surface area contributed by atoms with Crippen molar-refractivity contribution >= 4 is 5.91 Å². The van der Waals surface area contributed by atoms with E-state index in [4.69, 9.17) is 0 Å². The Labute approximate surface area is 123 Å². The SMILES string of the molecule is CNC1(C)CCN(CC(=O)NC2CCC(C)CC2)CC1. The maximum Gasteiger partial charge on any atom is 0.234 e. The van der Waals surface area contributed by atoms with Crippen LogP contribution in [0.15, 0.2) is 0 Å². The smallest absolute Gasteiger partial charge is 0.234 e. The van der Waals surface area contributed by atoms with E-state index in [0.29, 0.717) is 12.6 Å². The van der Waals surface area contributed by atoms with Gasteiger partial charge in [0.1, 0.15) is 0 Å². The van der Waals surface area contributed by atoms with E-state index in [9.17, 15) is 4.79 Å². The fraction of sp³-hybridized carbons (Fsp3) is 0.938. The van der Waals surface area contributed by atoms with Gasteiger partial charge in [-0.25, -0.2) is 0 Å². The molecule has 1 aliphatic heterocycles. The van der Waals surface area contributed by atoms with Crippen molar-refractivity contribution in [3.8, 4) is 0 Å². The molecule has 0 bridgehead atoms. The zero-order valence-electron chi connectivity index (χ0n) is 13.4. The van der Waals surface area contributed by atoms with E-state index < -0.39 is 0 Å². The first-order valence-electron chi connectivity index (χ1n) is 8.21. The number of hydrogen-bond acceptors (Lipinski definition) is 3. The summed E-state index contributed by atoms with van der Waals surface area (Å²) in [7, 11) is 2.03. The summed E-state index contributed by atoms with van der Waals surface area (Å²) < 4.78 is 0. The second kappa shape index (κ2) is 6.90. The summed E-state index contributed by atoms with van der Waals surface area (Å²) >= 11 is 0. The summed E-state index contributed by atoms with van der Waals surface area (Å²) in [6.07, 6.45) is 7.08. The highest BCUT2D eigenvalue weighted by Gasteiger charge is 2.29. The standard InChI is InChI=1S/C16H31N3O/c1-13-4-6-14(7-5-13)18-15(20)12-19-10-8-16(2,17-3)9-11-19/h13-14,17H,4-12H2,1-3H3,(H,18,20). The van der Waals surface area contributed by atoms with E-state index in [0.717, 1.165) is 44.7 Å². The number of hydrogen-bond donors (Lipinski definition) is 2. The van der Waals surface area contributed by atoms with Crippen molar-refractivity contribution in [3.63, 3.8) is 0 Å². The van der Waals surface area contributed by atoms with Crippen LogP contribution >= 0.6 is 0 Å². The topological polar surface area (TPSA) is 44.4 Å². The van der Waals surface area contributed by atoms with E-state index in [-0.39, 0.29) is 11.4 Å². The molecule has 0 aromatic rings. The molecule has 0 spiro atoms. The van der Waals surface area contributed by atoms with Crippen molar-refractivity contribution in [3.05, 3.63) is 0 Å². The Balaban J connectivity index is 1.68. The van der Waals surface area contributed by atoms with Crippen LogP contribution < -0.4 is 10.6 Å². The molecule has 1 aliphatic carbocycles. The van der Waals surface area contributed by atoms with Crippen LogP contribution in [0.2, 0.25) is 0 Å². The van der Waals surface area contributed by atoms with E-state index in [1.165, 1.54) is 12.8 Å². The zero-order chi connectivity index (χ0) is 14.6. The predicted octanol–water partition coefficient (Wildman–Crippen LogP) is 1.76. The predicted molar refractivity (Wildman–Crippen MR) is 82.7 cm³/mol. The summed E-state index contributed by atoms with van der Waals surface area (Å²) in [5.41, 5.74) is 0.256. The first-order valence-corrected chi connectivity index (χ1v) is 8.21. The molecule has 0 aromatic heterocycles. The highest BCUT2D eigenvalue weighted by atomic mass is 16.2. The Bertz CT molecular complexity index is 316. The molecule has 1 amide bonds. The lowest BCUT2D eigenvalue weighted by molar-refractivity contribution is -0.123. The normalized spacial score (nSPS) is 30.9. The van der Waals surface area contributed by atoms with Crippen molar-refractivity contribution in [2.45, 2.75) is 64.0 Å². The van der Waals surface area contributed by atoms with E-state index >= 15 is 0 Å². The zero-order valence-corrected chi connectivity index (χ0v) is 13.4. The summed E-state index contributed by atoms with van der Waals surface area (Å²) in [4.78, 5) is 14.4. The Morgan fingerprint density at radius 2 is 1.80 bits per heavy atom. The van der Waals surface area contributed by atoms with Gasteiger partial charge in [0, 0.05) is 24.7 Å². The number of likely N-dealkylation sites (tertiary alicyclic amines) is 1. The van der Waals surface area contributed by atoms with Gasteiger partial charge in [-0.05, 0) is 58.4 Å². The molecule has 2 aliphatic rings. The minimum absolute atomic E-state index is 0.220. The lowest BCUT2D eigenvalue weighted by Gasteiger charge is -2.39. The first-order chi connectivity index (χ1) is 9.50. The van der Waals surface area contributed by atoms with Gasteiger partial charge in [0.25, 0.3) is 0 Å². The molecule has 2 N–H and O–H groups in total. The number of piperidine rings is 1. The van der Waals surface area contributed by atoms with Crippen LogP contribution in [0.25, 0.3) is 0 Å². The lowest BCUT2D eigenvalue weighted by Crippen LogP contribution is -2.52. The maximum absolute atomic E-state index is 12.1.